The first kappa shape index (κ1) is 15.8. The fraction of sp³-hybridized carbons (Fsp3) is 1.00. The molecule has 0 heterocycles. The topological polar surface area (TPSA) is 29.1 Å². The molecule has 97 valence electrons. The van der Waals surface area contributed by atoms with Gasteiger partial charge in [0.05, 0.1) is 12.7 Å². The number of halogens is 2. The first-order chi connectivity index (χ1) is 7.61. The smallest absolute Gasteiger partial charge is 0.160 e. The SMILES string of the molecule is CCCCCCC(C)OCC(F)C(F)C[O]. The molecule has 0 aromatic heterocycles. The third kappa shape index (κ3) is 7.99. The molecule has 0 aliphatic rings. The lowest BCUT2D eigenvalue weighted by molar-refractivity contribution is -0.0202. The Labute approximate surface area is 97.0 Å². The second-order valence-electron chi connectivity index (χ2n) is 4.19. The summed E-state index contributed by atoms with van der Waals surface area (Å²) in [6.45, 7) is 2.65. The molecule has 0 fully saturated rings. The molecule has 0 aromatic rings. The Hall–Kier alpha value is -0.220. The van der Waals surface area contributed by atoms with E-state index < -0.39 is 19.0 Å². The minimum absolute atomic E-state index is 0.0611. The van der Waals surface area contributed by atoms with Crippen LogP contribution in [0.4, 0.5) is 8.78 Å². The summed E-state index contributed by atoms with van der Waals surface area (Å²) >= 11 is 0. The molecule has 3 atom stereocenters. The van der Waals surface area contributed by atoms with Gasteiger partial charge in [-0.1, -0.05) is 32.6 Å². The Balaban J connectivity index is 3.45. The fourth-order valence-electron chi connectivity index (χ4n) is 1.41. The van der Waals surface area contributed by atoms with Gasteiger partial charge in [-0.2, -0.15) is 0 Å². The quantitative estimate of drug-likeness (QED) is 0.535. The molecule has 0 aromatic carbocycles. The molecule has 0 aliphatic heterocycles. The lowest BCUT2D eigenvalue weighted by Crippen LogP contribution is -2.27. The van der Waals surface area contributed by atoms with Crippen molar-refractivity contribution >= 4 is 0 Å². The summed E-state index contributed by atoms with van der Waals surface area (Å²) in [6.07, 6.45) is 1.65. The highest BCUT2D eigenvalue weighted by atomic mass is 19.2. The molecule has 0 rings (SSSR count). The van der Waals surface area contributed by atoms with Crippen LogP contribution in [0.15, 0.2) is 0 Å². The minimum atomic E-state index is -1.94. The lowest BCUT2D eigenvalue weighted by atomic mass is 10.1. The zero-order valence-corrected chi connectivity index (χ0v) is 10.3. The van der Waals surface area contributed by atoms with Gasteiger partial charge in [-0.05, 0) is 13.3 Å². The van der Waals surface area contributed by atoms with Crippen molar-refractivity contribution in [3.63, 3.8) is 0 Å². The van der Waals surface area contributed by atoms with Gasteiger partial charge < -0.3 is 4.74 Å². The highest BCUT2D eigenvalue weighted by Crippen LogP contribution is 2.10. The Kier molecular flexibility index (Phi) is 9.83. The van der Waals surface area contributed by atoms with Gasteiger partial charge in [-0.25, -0.2) is 13.9 Å². The van der Waals surface area contributed by atoms with E-state index in [0.29, 0.717) is 0 Å². The van der Waals surface area contributed by atoms with Gasteiger partial charge in [-0.3, -0.25) is 0 Å². The van der Waals surface area contributed by atoms with E-state index in [9.17, 15) is 13.9 Å². The van der Waals surface area contributed by atoms with Crippen molar-refractivity contribution < 1.29 is 18.6 Å². The van der Waals surface area contributed by atoms with Crippen molar-refractivity contribution in [3.05, 3.63) is 0 Å². The normalized spacial score (nSPS) is 17.1. The van der Waals surface area contributed by atoms with Gasteiger partial charge in [0, 0.05) is 0 Å². The molecule has 2 nitrogen and oxygen atoms in total. The summed E-state index contributed by atoms with van der Waals surface area (Å²) in [5.41, 5.74) is 0. The number of alkyl halides is 2. The molecule has 4 heteroatoms. The second-order valence-corrected chi connectivity index (χ2v) is 4.19. The maximum absolute atomic E-state index is 12.9. The molecular formula is C12H23F2O2. The first-order valence-corrected chi connectivity index (χ1v) is 6.09. The molecule has 0 spiro atoms. The zero-order chi connectivity index (χ0) is 12.4. The number of hydrogen-bond donors (Lipinski definition) is 0. The molecule has 0 bridgehead atoms. The van der Waals surface area contributed by atoms with E-state index in [1.54, 1.807) is 0 Å². The minimum Gasteiger partial charge on any atom is -0.375 e. The fourth-order valence-corrected chi connectivity index (χ4v) is 1.41. The van der Waals surface area contributed by atoms with Crippen molar-refractivity contribution in [1.82, 2.24) is 0 Å². The Morgan fingerprint density at radius 3 is 2.38 bits per heavy atom. The standard InChI is InChI=1S/C12H23F2O2/c1-3-4-5-6-7-10(2)16-9-12(14)11(13)8-15/h10-12H,3-9H2,1-2H3. The van der Waals surface area contributed by atoms with E-state index >= 15 is 0 Å². The Morgan fingerprint density at radius 1 is 1.12 bits per heavy atom. The van der Waals surface area contributed by atoms with Crippen molar-refractivity contribution in [1.29, 1.82) is 0 Å². The van der Waals surface area contributed by atoms with Gasteiger partial charge in [-0.15, -0.1) is 0 Å². The average Bonchev–Trinajstić information content (AvgIpc) is 2.30. The van der Waals surface area contributed by atoms with E-state index in [4.69, 9.17) is 4.74 Å². The molecular weight excluding hydrogens is 214 g/mol. The summed E-state index contributed by atoms with van der Waals surface area (Å²) in [7, 11) is 0. The van der Waals surface area contributed by atoms with Gasteiger partial charge in [0.1, 0.15) is 6.61 Å². The number of hydrogen-bond acceptors (Lipinski definition) is 1. The molecule has 0 saturated carbocycles. The van der Waals surface area contributed by atoms with Gasteiger partial charge in [0.15, 0.2) is 12.3 Å². The van der Waals surface area contributed by atoms with Crippen molar-refractivity contribution in [2.24, 2.45) is 0 Å². The number of rotatable bonds is 10. The summed E-state index contributed by atoms with van der Waals surface area (Å²) in [5.74, 6) is 0. The predicted molar refractivity (Wildman–Crippen MR) is 59.5 cm³/mol. The van der Waals surface area contributed by atoms with Crippen molar-refractivity contribution in [2.75, 3.05) is 13.2 Å². The predicted octanol–water partition coefficient (Wildman–Crippen LogP) is 3.47. The Morgan fingerprint density at radius 2 is 1.81 bits per heavy atom. The van der Waals surface area contributed by atoms with Crippen molar-refractivity contribution in [3.8, 4) is 0 Å². The number of unbranched alkanes of at least 4 members (excludes halogenated alkanes) is 3. The molecule has 0 aliphatic carbocycles. The maximum atomic E-state index is 12.9. The molecule has 16 heavy (non-hydrogen) atoms. The largest absolute Gasteiger partial charge is 0.375 e. The number of ether oxygens (including phenoxy) is 1. The van der Waals surface area contributed by atoms with Crippen LogP contribution in [0.25, 0.3) is 0 Å². The summed E-state index contributed by atoms with van der Waals surface area (Å²) < 4.78 is 30.6. The van der Waals surface area contributed by atoms with E-state index in [1.807, 2.05) is 6.92 Å². The van der Waals surface area contributed by atoms with Crippen LogP contribution in [0.1, 0.15) is 46.0 Å². The zero-order valence-electron chi connectivity index (χ0n) is 10.3. The molecule has 1 radical (unpaired) electrons. The van der Waals surface area contributed by atoms with Crippen LogP contribution in [0.2, 0.25) is 0 Å². The van der Waals surface area contributed by atoms with Crippen LogP contribution in [0.3, 0.4) is 0 Å². The summed E-state index contributed by atoms with van der Waals surface area (Å²) in [4.78, 5) is 0. The molecule has 0 N–H and O–H groups in total. The first-order valence-electron chi connectivity index (χ1n) is 6.09. The van der Waals surface area contributed by atoms with Gasteiger partial charge >= 0.3 is 0 Å². The molecule has 0 saturated heterocycles. The van der Waals surface area contributed by atoms with Crippen LogP contribution >= 0.6 is 0 Å². The summed E-state index contributed by atoms with van der Waals surface area (Å²) in [5, 5.41) is 10.1. The van der Waals surface area contributed by atoms with E-state index in [0.717, 1.165) is 19.3 Å². The maximum Gasteiger partial charge on any atom is 0.160 e. The summed E-state index contributed by atoms with van der Waals surface area (Å²) in [6, 6.07) is 0. The van der Waals surface area contributed by atoms with Gasteiger partial charge in [0.25, 0.3) is 0 Å². The third-order valence-electron chi connectivity index (χ3n) is 2.56. The third-order valence-corrected chi connectivity index (χ3v) is 2.56. The van der Waals surface area contributed by atoms with E-state index in [-0.39, 0.29) is 12.7 Å². The van der Waals surface area contributed by atoms with Crippen LogP contribution in [0, 0.1) is 0 Å². The highest BCUT2D eigenvalue weighted by Gasteiger charge is 2.21. The monoisotopic (exact) mass is 237 g/mol. The van der Waals surface area contributed by atoms with E-state index in [1.165, 1.54) is 12.8 Å². The van der Waals surface area contributed by atoms with Crippen molar-refractivity contribution in [2.45, 2.75) is 64.4 Å². The van der Waals surface area contributed by atoms with Crippen LogP contribution in [-0.4, -0.2) is 31.7 Å². The highest BCUT2D eigenvalue weighted by molar-refractivity contribution is 4.66. The molecule has 0 amide bonds. The Bertz CT molecular complexity index is 156. The van der Waals surface area contributed by atoms with E-state index in [2.05, 4.69) is 6.92 Å². The van der Waals surface area contributed by atoms with Crippen LogP contribution in [0.5, 0.6) is 0 Å². The second kappa shape index (κ2) is 9.97. The average molecular weight is 237 g/mol. The lowest BCUT2D eigenvalue weighted by Gasteiger charge is -2.16. The van der Waals surface area contributed by atoms with Crippen LogP contribution < -0.4 is 0 Å². The molecule has 3 unspecified atom stereocenters. The van der Waals surface area contributed by atoms with Gasteiger partial charge in [0.2, 0.25) is 0 Å². The van der Waals surface area contributed by atoms with Crippen LogP contribution in [-0.2, 0) is 9.84 Å².